The van der Waals surface area contributed by atoms with Crippen LogP contribution in [0.4, 0.5) is 11.4 Å². The Morgan fingerprint density at radius 3 is 2.44 bits per heavy atom. The topological polar surface area (TPSA) is 67.4 Å². The molecule has 0 bridgehead atoms. The number of thiophene rings is 1. The first kappa shape index (κ1) is 21.8. The van der Waals surface area contributed by atoms with Crippen LogP contribution in [0.2, 0.25) is 0 Å². The molecule has 0 aliphatic carbocycles. The van der Waals surface area contributed by atoms with Crippen LogP contribution >= 0.6 is 11.3 Å². The van der Waals surface area contributed by atoms with Crippen LogP contribution in [0.1, 0.15) is 19.4 Å². The van der Waals surface area contributed by atoms with Gasteiger partial charge in [-0.2, -0.15) is 0 Å². The maximum absolute atomic E-state index is 12.5. The first-order valence-electron chi connectivity index (χ1n) is 10.7. The molecular formula is C25H26N4O2S. The number of hydrogen-bond donors (Lipinski definition) is 1. The number of ether oxygens (including phenoxy) is 1. The van der Waals surface area contributed by atoms with Crippen LogP contribution in [0, 0.1) is 6.92 Å². The Labute approximate surface area is 191 Å². The van der Waals surface area contributed by atoms with E-state index in [1.807, 2.05) is 29.6 Å². The van der Waals surface area contributed by atoms with Crippen molar-refractivity contribution in [3.8, 4) is 17.0 Å². The fourth-order valence-corrected chi connectivity index (χ4v) is 4.48. The van der Waals surface area contributed by atoms with Gasteiger partial charge in [-0.05, 0) is 50.6 Å². The fraction of sp³-hybridized carbons (Fsp3) is 0.240. The third-order valence-electron chi connectivity index (χ3n) is 5.32. The summed E-state index contributed by atoms with van der Waals surface area (Å²) in [4.78, 5) is 24.2. The minimum absolute atomic E-state index is 0.132. The predicted octanol–water partition coefficient (Wildman–Crippen LogP) is 5.53. The van der Waals surface area contributed by atoms with Crippen molar-refractivity contribution < 1.29 is 9.53 Å². The molecule has 0 spiro atoms. The zero-order chi connectivity index (χ0) is 22.5. The van der Waals surface area contributed by atoms with E-state index < -0.39 is 0 Å². The largest absolute Gasteiger partial charge is 0.467 e. The van der Waals surface area contributed by atoms with Gasteiger partial charge in [-0.25, -0.2) is 9.97 Å². The van der Waals surface area contributed by atoms with Gasteiger partial charge < -0.3 is 15.0 Å². The number of hydrogen-bond acceptors (Lipinski definition) is 6. The second-order valence-electron chi connectivity index (χ2n) is 7.43. The van der Waals surface area contributed by atoms with E-state index in [0.717, 1.165) is 45.8 Å². The summed E-state index contributed by atoms with van der Waals surface area (Å²) in [6.45, 7) is 8.06. The van der Waals surface area contributed by atoms with Crippen molar-refractivity contribution in [3.05, 3.63) is 65.8 Å². The lowest BCUT2D eigenvalue weighted by Crippen LogP contribution is -2.22. The molecule has 0 atom stereocenters. The number of aromatic nitrogens is 2. The lowest BCUT2D eigenvalue weighted by Gasteiger charge is -2.21. The molecule has 0 unspecified atom stereocenters. The minimum atomic E-state index is -0.237. The summed E-state index contributed by atoms with van der Waals surface area (Å²) in [7, 11) is 0. The van der Waals surface area contributed by atoms with Gasteiger partial charge in [0.2, 0.25) is 5.88 Å². The Bertz CT molecular complexity index is 1200. The smallest absolute Gasteiger partial charge is 0.262 e. The van der Waals surface area contributed by atoms with Crippen molar-refractivity contribution >= 4 is 38.8 Å². The zero-order valence-corrected chi connectivity index (χ0v) is 19.3. The molecule has 4 rings (SSSR count). The molecule has 0 fully saturated rings. The summed E-state index contributed by atoms with van der Waals surface area (Å²) in [5, 5.41) is 5.77. The summed E-state index contributed by atoms with van der Waals surface area (Å²) in [6, 6.07) is 16.1. The molecule has 0 aliphatic heterocycles. The Kier molecular flexibility index (Phi) is 6.66. The molecule has 0 saturated heterocycles. The molecule has 2 heterocycles. The Morgan fingerprint density at radius 2 is 1.75 bits per heavy atom. The van der Waals surface area contributed by atoms with Crippen molar-refractivity contribution in [2.45, 2.75) is 20.8 Å². The number of anilines is 2. The molecule has 6 nitrogen and oxygen atoms in total. The van der Waals surface area contributed by atoms with Crippen LogP contribution in [0.15, 0.2) is 60.2 Å². The number of nitrogens with zero attached hydrogens (tertiary/aromatic N) is 3. The highest BCUT2D eigenvalue weighted by atomic mass is 32.1. The van der Waals surface area contributed by atoms with Crippen molar-refractivity contribution in [2.75, 3.05) is 29.9 Å². The van der Waals surface area contributed by atoms with E-state index in [9.17, 15) is 4.79 Å². The lowest BCUT2D eigenvalue weighted by atomic mass is 10.0. The van der Waals surface area contributed by atoms with Gasteiger partial charge in [0, 0.05) is 35.4 Å². The molecule has 1 amide bonds. The van der Waals surface area contributed by atoms with Crippen molar-refractivity contribution in [1.29, 1.82) is 0 Å². The van der Waals surface area contributed by atoms with E-state index in [2.05, 4.69) is 65.2 Å². The van der Waals surface area contributed by atoms with Crippen LogP contribution in [0.25, 0.3) is 21.3 Å². The van der Waals surface area contributed by atoms with Crippen molar-refractivity contribution in [3.63, 3.8) is 0 Å². The second kappa shape index (κ2) is 9.78. The highest BCUT2D eigenvalue weighted by molar-refractivity contribution is 7.17. The summed E-state index contributed by atoms with van der Waals surface area (Å²) in [5.41, 5.74) is 5.14. The quantitative estimate of drug-likeness (QED) is 0.385. The lowest BCUT2D eigenvalue weighted by molar-refractivity contribution is -0.118. The molecule has 0 radical (unpaired) electrons. The van der Waals surface area contributed by atoms with Gasteiger partial charge in [-0.3, -0.25) is 4.79 Å². The van der Waals surface area contributed by atoms with Gasteiger partial charge in [-0.15, -0.1) is 11.3 Å². The number of nitrogens with one attached hydrogen (secondary N) is 1. The maximum atomic E-state index is 12.5. The molecule has 32 heavy (non-hydrogen) atoms. The SMILES string of the molecule is CCN(CC)c1ccc(NC(=O)COc2ncnc3scc(-c4ccc(C)cc4)c23)cc1. The number of amides is 1. The van der Waals surface area contributed by atoms with Crippen molar-refractivity contribution in [2.24, 2.45) is 0 Å². The van der Waals surface area contributed by atoms with E-state index in [4.69, 9.17) is 4.74 Å². The van der Waals surface area contributed by atoms with Crippen LogP contribution in [0.5, 0.6) is 5.88 Å². The average Bonchev–Trinajstić information content (AvgIpc) is 3.25. The van der Waals surface area contributed by atoms with Crippen LogP contribution < -0.4 is 15.0 Å². The van der Waals surface area contributed by atoms with Crippen molar-refractivity contribution in [1.82, 2.24) is 9.97 Å². The summed E-state index contributed by atoms with van der Waals surface area (Å²) in [6.07, 6.45) is 1.47. The first-order valence-corrected chi connectivity index (χ1v) is 11.5. The highest BCUT2D eigenvalue weighted by Crippen LogP contribution is 2.37. The Hall–Kier alpha value is -3.45. The summed E-state index contributed by atoms with van der Waals surface area (Å²) in [5.74, 6) is 0.179. The molecule has 1 N–H and O–H groups in total. The Morgan fingerprint density at radius 1 is 1.03 bits per heavy atom. The van der Waals surface area contributed by atoms with E-state index in [1.165, 1.54) is 23.2 Å². The van der Waals surface area contributed by atoms with Crippen LogP contribution in [0.3, 0.4) is 0 Å². The van der Waals surface area contributed by atoms with E-state index in [0.29, 0.717) is 5.88 Å². The predicted molar refractivity (Wildman–Crippen MR) is 132 cm³/mol. The van der Waals surface area contributed by atoms with Crippen LogP contribution in [-0.2, 0) is 4.79 Å². The molecule has 7 heteroatoms. The average molecular weight is 447 g/mol. The molecule has 164 valence electrons. The highest BCUT2D eigenvalue weighted by Gasteiger charge is 2.15. The monoisotopic (exact) mass is 446 g/mol. The van der Waals surface area contributed by atoms with E-state index >= 15 is 0 Å². The molecular weight excluding hydrogens is 420 g/mol. The molecule has 0 aliphatic rings. The number of carbonyl (C=O) groups is 1. The van der Waals surface area contributed by atoms with Gasteiger partial charge in [-0.1, -0.05) is 29.8 Å². The number of carbonyl (C=O) groups excluding carboxylic acids is 1. The third kappa shape index (κ3) is 4.73. The standard InChI is InChI=1S/C25H26N4O2S/c1-4-29(5-2)20-12-10-19(11-13-20)28-22(30)14-31-24-23-21(15-32-25(23)27-16-26-24)18-8-6-17(3)7-9-18/h6-13,15-16H,4-5,14H2,1-3H3,(H,28,30). The molecule has 2 aromatic heterocycles. The first-order chi connectivity index (χ1) is 15.6. The van der Waals surface area contributed by atoms with E-state index in [1.54, 1.807) is 0 Å². The van der Waals surface area contributed by atoms with Gasteiger partial charge >= 0.3 is 0 Å². The number of benzene rings is 2. The number of fused-ring (bicyclic) bond motifs is 1. The van der Waals surface area contributed by atoms with Gasteiger partial charge in [0.1, 0.15) is 11.2 Å². The maximum Gasteiger partial charge on any atom is 0.262 e. The summed E-state index contributed by atoms with van der Waals surface area (Å²) >= 11 is 1.54. The number of aryl methyl sites for hydroxylation is 1. The normalized spacial score (nSPS) is 10.8. The summed E-state index contributed by atoms with van der Waals surface area (Å²) < 4.78 is 5.83. The van der Waals surface area contributed by atoms with Gasteiger partial charge in [0.15, 0.2) is 6.61 Å². The Balaban J connectivity index is 1.47. The fourth-order valence-electron chi connectivity index (χ4n) is 3.58. The zero-order valence-electron chi connectivity index (χ0n) is 18.5. The number of rotatable bonds is 8. The third-order valence-corrected chi connectivity index (χ3v) is 6.20. The second-order valence-corrected chi connectivity index (χ2v) is 8.29. The minimum Gasteiger partial charge on any atom is -0.467 e. The van der Waals surface area contributed by atoms with E-state index in [-0.39, 0.29) is 12.5 Å². The van der Waals surface area contributed by atoms with Crippen LogP contribution in [-0.4, -0.2) is 35.6 Å². The van der Waals surface area contributed by atoms with Gasteiger partial charge in [0.25, 0.3) is 5.91 Å². The molecule has 0 saturated carbocycles. The molecule has 4 aromatic rings. The molecule has 2 aromatic carbocycles. The van der Waals surface area contributed by atoms with Gasteiger partial charge in [0.05, 0.1) is 5.39 Å².